The molecule has 0 spiro atoms. The van der Waals surface area contributed by atoms with Crippen molar-refractivity contribution in [2.45, 2.75) is 63.2 Å². The smallest absolute Gasteiger partial charge is 0.412 e. The zero-order valence-electron chi connectivity index (χ0n) is 15.0. The molecule has 3 rings (SSSR count). The average molecular weight is 377 g/mol. The van der Waals surface area contributed by atoms with Gasteiger partial charge in [0.15, 0.2) is 0 Å². The molecule has 9 heteroatoms. The van der Waals surface area contributed by atoms with Gasteiger partial charge in [-0.3, -0.25) is 10.00 Å². The lowest BCUT2D eigenvalue weighted by molar-refractivity contribution is -0.121. The van der Waals surface area contributed by atoms with E-state index < -0.39 is 17.9 Å². The number of carbonyl (C=O) groups is 1. The fourth-order valence-electron chi connectivity index (χ4n) is 3.66. The summed E-state index contributed by atoms with van der Waals surface area (Å²) in [7, 11) is 1.62. The van der Waals surface area contributed by atoms with E-state index in [1.807, 2.05) is 13.8 Å². The van der Waals surface area contributed by atoms with Crippen LogP contribution in [-0.4, -0.2) is 34.3 Å². The summed E-state index contributed by atoms with van der Waals surface area (Å²) in [6.45, 7) is 3.71. The number of alkyl halides is 4. The summed E-state index contributed by atoms with van der Waals surface area (Å²) < 4.78 is 58.5. The zero-order chi connectivity index (χ0) is 19.3. The Balaban J connectivity index is 1.65. The predicted molar refractivity (Wildman–Crippen MR) is 86.9 cm³/mol. The molecule has 0 saturated heterocycles. The Morgan fingerprint density at radius 1 is 1.23 bits per heavy atom. The lowest BCUT2D eigenvalue weighted by Gasteiger charge is -2.34. The highest BCUT2D eigenvalue weighted by atomic mass is 19.3. The van der Waals surface area contributed by atoms with Crippen molar-refractivity contribution in [3.8, 4) is 0 Å². The molecule has 2 aliphatic carbocycles. The summed E-state index contributed by atoms with van der Waals surface area (Å²) in [5.41, 5.74) is 1.28. The van der Waals surface area contributed by atoms with Crippen molar-refractivity contribution in [1.82, 2.24) is 9.78 Å². The van der Waals surface area contributed by atoms with Crippen molar-refractivity contribution in [2.75, 3.05) is 11.9 Å². The highest BCUT2D eigenvalue weighted by Crippen LogP contribution is 2.50. The fraction of sp³-hybridized carbons (Fsp3) is 0.765. The number of amides is 1. The number of aromatic nitrogens is 2. The van der Waals surface area contributed by atoms with Crippen molar-refractivity contribution in [3.05, 3.63) is 11.3 Å². The summed E-state index contributed by atoms with van der Waals surface area (Å²) in [4.78, 5) is 12.0. The normalized spacial score (nSPS) is 22.0. The van der Waals surface area contributed by atoms with E-state index in [0.29, 0.717) is 17.1 Å². The molecule has 0 aliphatic heterocycles. The molecule has 5 nitrogen and oxygen atoms in total. The summed E-state index contributed by atoms with van der Waals surface area (Å²) in [5, 5.41) is 6.92. The van der Waals surface area contributed by atoms with Gasteiger partial charge in [-0.05, 0) is 5.92 Å². The van der Waals surface area contributed by atoms with E-state index >= 15 is 0 Å². The van der Waals surface area contributed by atoms with Crippen LogP contribution in [0.3, 0.4) is 0 Å². The number of anilines is 1. The van der Waals surface area contributed by atoms with Gasteiger partial charge in [-0.15, -0.1) is 0 Å². The van der Waals surface area contributed by atoms with Crippen LogP contribution in [0, 0.1) is 5.92 Å². The van der Waals surface area contributed by atoms with E-state index in [-0.39, 0.29) is 50.0 Å². The van der Waals surface area contributed by atoms with Gasteiger partial charge in [0.05, 0.1) is 12.3 Å². The number of nitrogens with one attached hydrogen (secondary N) is 1. The molecule has 0 bridgehead atoms. The molecule has 0 aromatic carbocycles. The topological polar surface area (TPSA) is 56.2 Å². The number of carbonyl (C=O) groups excluding carboxylic acids is 1. The second kappa shape index (κ2) is 6.42. The van der Waals surface area contributed by atoms with Gasteiger partial charge < -0.3 is 4.74 Å². The number of rotatable bonds is 5. The lowest BCUT2D eigenvalue weighted by Crippen LogP contribution is -2.38. The van der Waals surface area contributed by atoms with Crippen LogP contribution in [-0.2, 0) is 11.8 Å². The number of nitrogens with zero attached hydrogens (tertiary/aromatic N) is 2. The van der Waals surface area contributed by atoms with Gasteiger partial charge in [0, 0.05) is 50.1 Å². The Morgan fingerprint density at radius 3 is 2.31 bits per heavy atom. The summed E-state index contributed by atoms with van der Waals surface area (Å²) in [6.07, 6.45) is -1.80. The third-order valence-corrected chi connectivity index (χ3v) is 5.01. The molecule has 26 heavy (non-hydrogen) atoms. The molecule has 1 aromatic rings. The van der Waals surface area contributed by atoms with Crippen LogP contribution >= 0.6 is 0 Å². The second-order valence-corrected chi connectivity index (χ2v) is 7.74. The molecule has 2 fully saturated rings. The van der Waals surface area contributed by atoms with Crippen LogP contribution in [0.1, 0.15) is 62.6 Å². The number of aryl methyl sites for hydroxylation is 1. The summed E-state index contributed by atoms with van der Waals surface area (Å²) in [5.74, 6) is -5.62. The molecular formula is C17H23F4N3O2. The van der Waals surface area contributed by atoms with Gasteiger partial charge >= 0.3 is 6.09 Å². The number of hydrogen-bond acceptors (Lipinski definition) is 3. The van der Waals surface area contributed by atoms with Gasteiger partial charge in [-0.1, -0.05) is 13.8 Å². The molecule has 1 amide bonds. The fourth-order valence-corrected chi connectivity index (χ4v) is 3.66. The maximum Gasteiger partial charge on any atom is 0.412 e. The number of halogens is 4. The van der Waals surface area contributed by atoms with Gasteiger partial charge in [-0.2, -0.15) is 5.10 Å². The summed E-state index contributed by atoms with van der Waals surface area (Å²) in [6, 6.07) is 0. The van der Waals surface area contributed by atoms with Crippen LogP contribution in [0.15, 0.2) is 0 Å². The molecule has 146 valence electrons. The highest BCUT2D eigenvalue weighted by molar-refractivity contribution is 5.85. The largest absolute Gasteiger partial charge is 0.449 e. The van der Waals surface area contributed by atoms with E-state index in [0.717, 1.165) is 0 Å². The molecular weight excluding hydrogens is 354 g/mol. The molecule has 1 N–H and O–H groups in total. The van der Waals surface area contributed by atoms with Gasteiger partial charge in [0.2, 0.25) is 11.8 Å². The van der Waals surface area contributed by atoms with E-state index in [4.69, 9.17) is 4.74 Å². The average Bonchev–Trinajstić information content (AvgIpc) is 2.77. The molecule has 0 atom stereocenters. The Hall–Kier alpha value is -1.80. The molecule has 2 aliphatic rings. The maximum absolute atomic E-state index is 13.2. The van der Waals surface area contributed by atoms with Crippen LogP contribution < -0.4 is 5.32 Å². The van der Waals surface area contributed by atoms with Crippen molar-refractivity contribution in [1.29, 1.82) is 0 Å². The first kappa shape index (κ1) is 19.0. The predicted octanol–water partition coefficient (Wildman–Crippen LogP) is 4.65. The monoisotopic (exact) mass is 377 g/mol. The van der Waals surface area contributed by atoms with E-state index in [9.17, 15) is 22.4 Å². The van der Waals surface area contributed by atoms with Gasteiger partial charge in [-0.25, -0.2) is 22.4 Å². The first-order chi connectivity index (χ1) is 12.0. The quantitative estimate of drug-likeness (QED) is 0.760. The number of hydrogen-bond donors (Lipinski definition) is 1. The van der Waals surface area contributed by atoms with Crippen LogP contribution in [0.25, 0.3) is 0 Å². The molecule has 2 saturated carbocycles. The van der Waals surface area contributed by atoms with E-state index in [2.05, 4.69) is 10.4 Å². The van der Waals surface area contributed by atoms with E-state index in [1.54, 1.807) is 7.05 Å². The van der Waals surface area contributed by atoms with Gasteiger partial charge in [0.1, 0.15) is 5.82 Å². The zero-order valence-corrected chi connectivity index (χ0v) is 15.0. The molecule has 1 heterocycles. The Kier molecular flexibility index (Phi) is 4.69. The SMILES string of the molecule is CC(C)c1c(C2CC(F)(F)C2)nn(C)c1NC(=O)OCC1CC(F)(F)C1. The first-order valence-electron chi connectivity index (χ1n) is 8.73. The highest BCUT2D eigenvalue weighted by Gasteiger charge is 2.48. The minimum atomic E-state index is -2.66. The van der Waals surface area contributed by atoms with Crippen LogP contribution in [0.5, 0.6) is 0 Å². The Labute approximate surface area is 149 Å². The van der Waals surface area contributed by atoms with Crippen LogP contribution in [0.2, 0.25) is 0 Å². The van der Waals surface area contributed by atoms with Crippen molar-refractivity contribution in [3.63, 3.8) is 0 Å². The van der Waals surface area contributed by atoms with Crippen molar-refractivity contribution < 1.29 is 27.1 Å². The minimum absolute atomic E-state index is 0.0338. The third-order valence-electron chi connectivity index (χ3n) is 5.01. The lowest BCUT2D eigenvalue weighted by atomic mass is 9.77. The van der Waals surface area contributed by atoms with Crippen molar-refractivity contribution >= 4 is 11.9 Å². The minimum Gasteiger partial charge on any atom is -0.449 e. The molecule has 0 unspecified atom stereocenters. The summed E-state index contributed by atoms with van der Waals surface area (Å²) >= 11 is 0. The molecule has 1 aromatic heterocycles. The van der Waals surface area contributed by atoms with Crippen molar-refractivity contribution in [2.24, 2.45) is 13.0 Å². The van der Waals surface area contributed by atoms with E-state index in [1.165, 1.54) is 4.68 Å². The van der Waals surface area contributed by atoms with Crippen LogP contribution in [0.4, 0.5) is 28.2 Å². The Bertz CT molecular complexity index is 686. The third kappa shape index (κ3) is 3.81. The standard InChI is InChI=1S/C17H23F4N3O2/c1-9(2)12-13(11-6-17(20,21)7-11)23-24(3)14(12)22-15(25)26-8-10-4-16(18,19)5-10/h9-11H,4-8H2,1-3H3,(H,22,25). The Morgan fingerprint density at radius 2 is 1.81 bits per heavy atom. The first-order valence-corrected chi connectivity index (χ1v) is 8.73. The number of ether oxygens (including phenoxy) is 1. The maximum atomic E-state index is 13.2. The van der Waals surface area contributed by atoms with Gasteiger partial charge in [0.25, 0.3) is 0 Å². The second-order valence-electron chi connectivity index (χ2n) is 7.74. The molecule has 0 radical (unpaired) electrons.